The summed E-state index contributed by atoms with van der Waals surface area (Å²) in [6.07, 6.45) is 0. The van der Waals surface area contributed by atoms with Crippen LogP contribution in [0.5, 0.6) is 0 Å². The van der Waals surface area contributed by atoms with E-state index in [0.29, 0.717) is 17.4 Å². The molecule has 0 spiro atoms. The lowest BCUT2D eigenvalue weighted by molar-refractivity contribution is 0.0796. The molecule has 1 aromatic heterocycles. The van der Waals surface area contributed by atoms with E-state index in [4.69, 9.17) is 11.6 Å². The SMILES string of the molecule is CCN(C)C(=O)c1cc(Cl)n(C)n1. The Morgan fingerprint density at radius 1 is 1.77 bits per heavy atom. The molecular formula is C8H12ClN3O. The van der Waals surface area contributed by atoms with E-state index in [2.05, 4.69) is 5.10 Å². The third kappa shape index (κ3) is 2.01. The zero-order chi connectivity index (χ0) is 10.0. The predicted molar refractivity (Wildman–Crippen MR) is 50.9 cm³/mol. The molecule has 0 atom stereocenters. The number of amides is 1. The molecule has 0 N–H and O–H groups in total. The molecule has 5 heteroatoms. The predicted octanol–water partition coefficient (Wildman–Crippen LogP) is 1.17. The first-order chi connectivity index (χ1) is 6.06. The Kier molecular flexibility index (Phi) is 2.93. The van der Waals surface area contributed by atoms with Gasteiger partial charge in [-0.1, -0.05) is 11.6 Å². The minimum Gasteiger partial charge on any atom is -0.341 e. The number of carbonyl (C=O) groups is 1. The number of carbonyl (C=O) groups excluding carboxylic acids is 1. The van der Waals surface area contributed by atoms with E-state index >= 15 is 0 Å². The van der Waals surface area contributed by atoms with Gasteiger partial charge in [-0.2, -0.15) is 5.10 Å². The van der Waals surface area contributed by atoms with Crippen LogP contribution in [0.3, 0.4) is 0 Å². The number of hydrogen-bond acceptors (Lipinski definition) is 2. The van der Waals surface area contributed by atoms with Crippen LogP contribution < -0.4 is 0 Å². The maximum atomic E-state index is 11.5. The maximum Gasteiger partial charge on any atom is 0.274 e. The first-order valence-corrected chi connectivity index (χ1v) is 4.39. The summed E-state index contributed by atoms with van der Waals surface area (Å²) in [6.45, 7) is 2.56. The Labute approximate surface area is 82.1 Å². The highest BCUT2D eigenvalue weighted by atomic mass is 35.5. The Morgan fingerprint density at radius 2 is 2.38 bits per heavy atom. The minimum absolute atomic E-state index is 0.106. The van der Waals surface area contributed by atoms with Crippen LogP contribution in [0.25, 0.3) is 0 Å². The maximum absolute atomic E-state index is 11.5. The quantitative estimate of drug-likeness (QED) is 0.721. The van der Waals surface area contributed by atoms with Crippen molar-refractivity contribution in [1.82, 2.24) is 14.7 Å². The van der Waals surface area contributed by atoms with Crippen molar-refractivity contribution in [3.63, 3.8) is 0 Å². The number of hydrogen-bond donors (Lipinski definition) is 0. The van der Waals surface area contributed by atoms with Gasteiger partial charge in [0.25, 0.3) is 5.91 Å². The number of aromatic nitrogens is 2. The highest BCUT2D eigenvalue weighted by Crippen LogP contribution is 2.10. The fraction of sp³-hybridized carbons (Fsp3) is 0.500. The minimum atomic E-state index is -0.106. The van der Waals surface area contributed by atoms with Crippen LogP contribution in [0.1, 0.15) is 17.4 Å². The lowest BCUT2D eigenvalue weighted by Gasteiger charge is -2.11. The molecule has 0 unspecified atom stereocenters. The van der Waals surface area contributed by atoms with Crippen molar-refractivity contribution in [3.05, 3.63) is 16.9 Å². The summed E-state index contributed by atoms with van der Waals surface area (Å²) in [5.74, 6) is -0.106. The first-order valence-electron chi connectivity index (χ1n) is 4.01. The average Bonchev–Trinajstić information content (AvgIpc) is 2.44. The zero-order valence-corrected chi connectivity index (χ0v) is 8.67. The normalized spacial score (nSPS) is 10.2. The zero-order valence-electron chi connectivity index (χ0n) is 7.91. The van der Waals surface area contributed by atoms with E-state index in [0.717, 1.165) is 0 Å². The largest absolute Gasteiger partial charge is 0.341 e. The van der Waals surface area contributed by atoms with E-state index in [1.165, 1.54) is 4.68 Å². The van der Waals surface area contributed by atoms with Crippen molar-refractivity contribution in [2.45, 2.75) is 6.92 Å². The van der Waals surface area contributed by atoms with Crippen molar-refractivity contribution in [2.24, 2.45) is 7.05 Å². The number of rotatable bonds is 2. The van der Waals surface area contributed by atoms with Gasteiger partial charge in [0.15, 0.2) is 5.69 Å². The van der Waals surface area contributed by atoms with Crippen LogP contribution in [0.15, 0.2) is 6.07 Å². The van der Waals surface area contributed by atoms with Crippen LogP contribution >= 0.6 is 11.6 Å². The molecule has 13 heavy (non-hydrogen) atoms. The van der Waals surface area contributed by atoms with Gasteiger partial charge < -0.3 is 4.90 Å². The molecule has 4 nitrogen and oxygen atoms in total. The van der Waals surface area contributed by atoms with Gasteiger partial charge in [0.2, 0.25) is 0 Å². The molecule has 1 heterocycles. The topological polar surface area (TPSA) is 38.1 Å². The Balaban J connectivity index is 2.89. The van der Waals surface area contributed by atoms with Gasteiger partial charge in [-0.15, -0.1) is 0 Å². The summed E-state index contributed by atoms with van der Waals surface area (Å²) in [6, 6.07) is 1.57. The van der Waals surface area contributed by atoms with Crippen molar-refractivity contribution < 1.29 is 4.79 Å². The summed E-state index contributed by atoms with van der Waals surface area (Å²) in [7, 11) is 3.43. The van der Waals surface area contributed by atoms with E-state index < -0.39 is 0 Å². The molecule has 0 aromatic carbocycles. The highest BCUT2D eigenvalue weighted by molar-refractivity contribution is 6.29. The second-order valence-electron chi connectivity index (χ2n) is 2.80. The molecular weight excluding hydrogens is 190 g/mol. The molecule has 0 aliphatic rings. The van der Waals surface area contributed by atoms with E-state index in [-0.39, 0.29) is 5.91 Å². The second kappa shape index (κ2) is 3.79. The molecule has 0 saturated carbocycles. The van der Waals surface area contributed by atoms with Crippen LogP contribution in [-0.4, -0.2) is 34.2 Å². The first kappa shape index (κ1) is 10.1. The van der Waals surface area contributed by atoms with Crippen molar-refractivity contribution in [1.29, 1.82) is 0 Å². The second-order valence-corrected chi connectivity index (χ2v) is 3.18. The molecule has 0 bridgehead atoms. The van der Waals surface area contributed by atoms with Crippen molar-refractivity contribution in [3.8, 4) is 0 Å². The van der Waals surface area contributed by atoms with Crippen LogP contribution in [0.4, 0.5) is 0 Å². The van der Waals surface area contributed by atoms with Gasteiger partial charge in [-0.25, -0.2) is 0 Å². The molecule has 0 fully saturated rings. The fourth-order valence-corrected chi connectivity index (χ4v) is 1.03. The molecule has 1 amide bonds. The van der Waals surface area contributed by atoms with Gasteiger partial charge in [0.1, 0.15) is 5.15 Å². The van der Waals surface area contributed by atoms with Gasteiger partial charge in [-0.3, -0.25) is 9.48 Å². The summed E-state index contributed by atoms with van der Waals surface area (Å²) >= 11 is 5.75. The van der Waals surface area contributed by atoms with Crippen molar-refractivity contribution >= 4 is 17.5 Å². The number of nitrogens with zero attached hydrogens (tertiary/aromatic N) is 3. The van der Waals surface area contributed by atoms with Gasteiger partial charge >= 0.3 is 0 Å². The summed E-state index contributed by atoms with van der Waals surface area (Å²) < 4.78 is 1.47. The van der Waals surface area contributed by atoms with E-state index in [1.807, 2.05) is 6.92 Å². The third-order valence-electron chi connectivity index (χ3n) is 1.86. The van der Waals surface area contributed by atoms with Gasteiger partial charge in [0, 0.05) is 26.7 Å². The molecule has 0 aliphatic carbocycles. The fourth-order valence-electron chi connectivity index (χ4n) is 0.888. The highest BCUT2D eigenvalue weighted by Gasteiger charge is 2.14. The lowest BCUT2D eigenvalue weighted by Crippen LogP contribution is -2.26. The molecule has 1 rings (SSSR count). The lowest BCUT2D eigenvalue weighted by atomic mass is 10.4. The van der Waals surface area contributed by atoms with Gasteiger partial charge in [0.05, 0.1) is 0 Å². The molecule has 0 saturated heterocycles. The molecule has 72 valence electrons. The number of aryl methyl sites for hydroxylation is 1. The van der Waals surface area contributed by atoms with Crippen LogP contribution in [-0.2, 0) is 7.05 Å². The standard InChI is InChI=1S/C8H12ClN3O/c1-4-11(2)8(13)6-5-7(9)12(3)10-6/h5H,4H2,1-3H3. The monoisotopic (exact) mass is 201 g/mol. The molecule has 0 aliphatic heterocycles. The summed E-state index contributed by atoms with van der Waals surface area (Å²) in [4.78, 5) is 13.1. The number of halogens is 1. The molecule has 0 radical (unpaired) electrons. The molecule has 1 aromatic rings. The summed E-state index contributed by atoms with van der Waals surface area (Å²) in [5, 5.41) is 4.44. The van der Waals surface area contributed by atoms with E-state index in [1.54, 1.807) is 25.1 Å². The Bertz CT molecular complexity index is 302. The van der Waals surface area contributed by atoms with Gasteiger partial charge in [-0.05, 0) is 6.92 Å². The average molecular weight is 202 g/mol. The smallest absolute Gasteiger partial charge is 0.274 e. The summed E-state index contributed by atoms with van der Waals surface area (Å²) in [5.41, 5.74) is 0.386. The van der Waals surface area contributed by atoms with E-state index in [9.17, 15) is 4.79 Å². The Hall–Kier alpha value is -1.03. The third-order valence-corrected chi connectivity index (χ3v) is 2.22. The van der Waals surface area contributed by atoms with Crippen LogP contribution in [0, 0.1) is 0 Å². The van der Waals surface area contributed by atoms with Crippen molar-refractivity contribution in [2.75, 3.05) is 13.6 Å². The Morgan fingerprint density at radius 3 is 2.77 bits per heavy atom. The van der Waals surface area contributed by atoms with Crippen LogP contribution in [0.2, 0.25) is 5.15 Å².